The monoisotopic (exact) mass is 264 g/mol. The van der Waals surface area contributed by atoms with Crippen LogP contribution in [0.15, 0.2) is 30.0 Å². The standard InChI is InChI=1S/C15H21ClN2/c1-2-10-17-15(12-6-4-3-5-7-12)14-9-8-13(16)11-18-14/h6,8-9,11,15,17H,2-5,7,10H2,1H3. The zero-order valence-corrected chi connectivity index (χ0v) is 11.7. The lowest BCUT2D eigenvalue weighted by molar-refractivity contribution is 0.537. The van der Waals surface area contributed by atoms with Crippen LogP contribution in [0, 0.1) is 0 Å². The highest BCUT2D eigenvalue weighted by atomic mass is 35.5. The van der Waals surface area contributed by atoms with E-state index < -0.39 is 0 Å². The number of nitrogens with one attached hydrogen (secondary N) is 1. The van der Waals surface area contributed by atoms with E-state index in [0.717, 1.165) is 18.7 Å². The third-order valence-corrected chi connectivity index (χ3v) is 3.56. The molecule has 1 aromatic heterocycles. The van der Waals surface area contributed by atoms with E-state index in [1.807, 2.05) is 12.1 Å². The highest BCUT2D eigenvalue weighted by Gasteiger charge is 2.18. The van der Waals surface area contributed by atoms with E-state index in [1.165, 1.54) is 31.3 Å². The summed E-state index contributed by atoms with van der Waals surface area (Å²) in [5, 5.41) is 4.30. The van der Waals surface area contributed by atoms with Crippen molar-refractivity contribution in [1.29, 1.82) is 0 Å². The average molecular weight is 265 g/mol. The van der Waals surface area contributed by atoms with E-state index in [4.69, 9.17) is 11.6 Å². The van der Waals surface area contributed by atoms with Gasteiger partial charge in [-0.15, -0.1) is 0 Å². The summed E-state index contributed by atoms with van der Waals surface area (Å²) in [5.41, 5.74) is 2.57. The van der Waals surface area contributed by atoms with E-state index >= 15 is 0 Å². The Kier molecular flexibility index (Phi) is 5.21. The van der Waals surface area contributed by atoms with Gasteiger partial charge in [0.2, 0.25) is 0 Å². The molecule has 0 bridgehead atoms. The van der Waals surface area contributed by atoms with E-state index in [1.54, 1.807) is 6.20 Å². The molecule has 1 heterocycles. The average Bonchev–Trinajstić information content (AvgIpc) is 2.42. The van der Waals surface area contributed by atoms with Crippen LogP contribution < -0.4 is 5.32 Å². The Hall–Kier alpha value is -0.860. The third-order valence-electron chi connectivity index (χ3n) is 3.34. The lowest BCUT2D eigenvalue weighted by atomic mass is 9.92. The second kappa shape index (κ2) is 6.91. The number of hydrogen-bond acceptors (Lipinski definition) is 2. The van der Waals surface area contributed by atoms with Crippen LogP contribution >= 0.6 is 11.6 Å². The predicted octanol–water partition coefficient (Wildman–Crippen LogP) is 4.28. The molecule has 1 aliphatic rings. The fourth-order valence-electron chi connectivity index (χ4n) is 2.40. The highest BCUT2D eigenvalue weighted by molar-refractivity contribution is 6.30. The molecule has 0 amide bonds. The molecule has 1 unspecified atom stereocenters. The summed E-state index contributed by atoms with van der Waals surface area (Å²) in [6, 6.07) is 4.22. The fourth-order valence-corrected chi connectivity index (χ4v) is 2.51. The molecule has 1 atom stereocenters. The van der Waals surface area contributed by atoms with Crippen molar-refractivity contribution in [3.63, 3.8) is 0 Å². The Morgan fingerprint density at radius 2 is 2.28 bits per heavy atom. The van der Waals surface area contributed by atoms with E-state index in [-0.39, 0.29) is 6.04 Å². The van der Waals surface area contributed by atoms with Crippen LogP contribution in [0.3, 0.4) is 0 Å². The largest absolute Gasteiger partial charge is 0.305 e. The van der Waals surface area contributed by atoms with Gasteiger partial charge in [-0.25, -0.2) is 0 Å². The summed E-state index contributed by atoms with van der Waals surface area (Å²) < 4.78 is 0. The van der Waals surface area contributed by atoms with Gasteiger partial charge < -0.3 is 5.32 Å². The summed E-state index contributed by atoms with van der Waals surface area (Å²) in [6.07, 6.45) is 10.3. The minimum Gasteiger partial charge on any atom is -0.305 e. The van der Waals surface area contributed by atoms with Gasteiger partial charge >= 0.3 is 0 Å². The first-order valence-corrected chi connectivity index (χ1v) is 7.23. The Bertz CT molecular complexity index is 397. The molecule has 0 saturated carbocycles. The first kappa shape index (κ1) is 13.6. The molecule has 0 fully saturated rings. The van der Waals surface area contributed by atoms with Crippen molar-refractivity contribution in [2.24, 2.45) is 0 Å². The van der Waals surface area contributed by atoms with Gasteiger partial charge in [0.25, 0.3) is 0 Å². The van der Waals surface area contributed by atoms with Crippen LogP contribution in [0.5, 0.6) is 0 Å². The number of nitrogens with zero attached hydrogens (tertiary/aromatic N) is 1. The smallest absolute Gasteiger partial charge is 0.0710 e. The molecular formula is C15H21ClN2. The molecule has 3 heteroatoms. The predicted molar refractivity (Wildman–Crippen MR) is 76.8 cm³/mol. The Balaban J connectivity index is 2.18. The second-order valence-electron chi connectivity index (χ2n) is 4.81. The highest BCUT2D eigenvalue weighted by Crippen LogP contribution is 2.29. The quantitative estimate of drug-likeness (QED) is 0.803. The Morgan fingerprint density at radius 1 is 1.39 bits per heavy atom. The first-order chi connectivity index (χ1) is 8.81. The van der Waals surface area contributed by atoms with Crippen LogP contribution in [0.1, 0.15) is 50.8 Å². The molecule has 1 aromatic rings. The maximum absolute atomic E-state index is 5.91. The summed E-state index contributed by atoms with van der Waals surface area (Å²) in [4.78, 5) is 4.47. The Labute approximate surface area is 114 Å². The van der Waals surface area contributed by atoms with E-state index in [9.17, 15) is 0 Å². The van der Waals surface area contributed by atoms with Crippen LogP contribution in [-0.4, -0.2) is 11.5 Å². The summed E-state index contributed by atoms with van der Waals surface area (Å²) >= 11 is 5.91. The molecule has 0 aromatic carbocycles. The van der Waals surface area contributed by atoms with Crippen molar-refractivity contribution in [1.82, 2.24) is 10.3 Å². The second-order valence-corrected chi connectivity index (χ2v) is 5.25. The number of allylic oxidation sites excluding steroid dienone is 1. The van der Waals surface area contributed by atoms with Gasteiger partial charge in [-0.2, -0.15) is 0 Å². The van der Waals surface area contributed by atoms with Crippen molar-refractivity contribution in [3.05, 3.63) is 40.7 Å². The number of halogens is 1. The minimum absolute atomic E-state index is 0.266. The summed E-state index contributed by atoms with van der Waals surface area (Å²) in [6.45, 7) is 3.21. The number of pyridine rings is 1. The maximum atomic E-state index is 5.91. The normalized spacial score (nSPS) is 17.3. The maximum Gasteiger partial charge on any atom is 0.0710 e. The van der Waals surface area contributed by atoms with E-state index in [0.29, 0.717) is 5.02 Å². The lowest BCUT2D eigenvalue weighted by Crippen LogP contribution is -2.25. The number of hydrogen-bond donors (Lipinski definition) is 1. The van der Waals surface area contributed by atoms with Crippen molar-refractivity contribution in [2.75, 3.05) is 6.54 Å². The van der Waals surface area contributed by atoms with Gasteiger partial charge in [0.15, 0.2) is 0 Å². The molecular weight excluding hydrogens is 244 g/mol. The summed E-state index contributed by atoms with van der Waals surface area (Å²) in [5.74, 6) is 0. The SMILES string of the molecule is CCCNC(C1=CCCCC1)c1ccc(Cl)cn1. The number of rotatable bonds is 5. The first-order valence-electron chi connectivity index (χ1n) is 6.85. The molecule has 1 aliphatic carbocycles. The summed E-state index contributed by atoms with van der Waals surface area (Å²) in [7, 11) is 0. The van der Waals surface area contributed by atoms with E-state index in [2.05, 4.69) is 23.3 Å². The molecule has 2 rings (SSSR count). The molecule has 0 saturated heterocycles. The fraction of sp³-hybridized carbons (Fsp3) is 0.533. The van der Waals surface area contributed by atoms with Crippen molar-refractivity contribution in [3.8, 4) is 0 Å². The Morgan fingerprint density at radius 3 is 2.89 bits per heavy atom. The molecule has 0 radical (unpaired) electrons. The molecule has 98 valence electrons. The third kappa shape index (κ3) is 3.56. The molecule has 1 N–H and O–H groups in total. The topological polar surface area (TPSA) is 24.9 Å². The van der Waals surface area contributed by atoms with Crippen molar-refractivity contribution in [2.45, 2.75) is 45.1 Å². The van der Waals surface area contributed by atoms with Crippen LogP contribution in [0.25, 0.3) is 0 Å². The molecule has 18 heavy (non-hydrogen) atoms. The van der Waals surface area contributed by atoms with Crippen molar-refractivity contribution >= 4 is 11.6 Å². The molecule has 0 spiro atoms. The lowest BCUT2D eigenvalue weighted by Gasteiger charge is -2.24. The van der Waals surface area contributed by atoms with Gasteiger partial charge in [0.05, 0.1) is 16.8 Å². The van der Waals surface area contributed by atoms with Crippen LogP contribution in [-0.2, 0) is 0 Å². The van der Waals surface area contributed by atoms with Crippen LogP contribution in [0.2, 0.25) is 5.02 Å². The number of aromatic nitrogens is 1. The zero-order valence-electron chi connectivity index (χ0n) is 11.0. The zero-order chi connectivity index (χ0) is 12.8. The van der Waals surface area contributed by atoms with Crippen LogP contribution in [0.4, 0.5) is 0 Å². The minimum atomic E-state index is 0.266. The van der Waals surface area contributed by atoms with Gasteiger partial charge in [-0.05, 0) is 50.8 Å². The van der Waals surface area contributed by atoms with Gasteiger partial charge in [0, 0.05) is 6.20 Å². The molecule has 0 aliphatic heterocycles. The molecule has 2 nitrogen and oxygen atoms in total. The van der Waals surface area contributed by atoms with Gasteiger partial charge in [-0.3, -0.25) is 4.98 Å². The van der Waals surface area contributed by atoms with Crippen molar-refractivity contribution < 1.29 is 0 Å². The van der Waals surface area contributed by atoms with Gasteiger partial charge in [-0.1, -0.05) is 30.2 Å². The van der Waals surface area contributed by atoms with Gasteiger partial charge in [0.1, 0.15) is 0 Å².